The number of rotatable bonds is 9. The zero-order valence-corrected chi connectivity index (χ0v) is 21.1. The molecule has 0 spiro atoms. The van der Waals surface area contributed by atoms with Crippen molar-refractivity contribution in [3.8, 4) is 0 Å². The number of nitro groups is 1. The van der Waals surface area contributed by atoms with Gasteiger partial charge in [-0.25, -0.2) is 0 Å². The fourth-order valence-electron chi connectivity index (χ4n) is 4.78. The van der Waals surface area contributed by atoms with Gasteiger partial charge in [-0.1, -0.05) is 60.2 Å². The lowest BCUT2D eigenvalue weighted by Gasteiger charge is -2.18. The van der Waals surface area contributed by atoms with Crippen molar-refractivity contribution < 1.29 is 9.72 Å². The van der Waals surface area contributed by atoms with Gasteiger partial charge in [0.25, 0.3) is 5.69 Å². The number of nitrogens with one attached hydrogen (secondary N) is 1. The summed E-state index contributed by atoms with van der Waals surface area (Å²) in [5.41, 5.74) is 6.01. The van der Waals surface area contributed by atoms with Crippen LogP contribution in [-0.2, 0) is 17.9 Å². The minimum atomic E-state index is -0.375. The molecule has 5 aromatic rings. The quantitative estimate of drug-likeness (QED) is 0.193. The van der Waals surface area contributed by atoms with Crippen LogP contribution < -0.4 is 5.32 Å². The number of nitrogens with zero attached hydrogens (tertiary/aromatic N) is 3. The molecule has 2 aromatic heterocycles. The lowest BCUT2D eigenvalue weighted by atomic mass is 9.87. The fraction of sp³-hybridized carbons (Fsp3) is 0.161. The number of aromatic nitrogens is 2. The Balaban J connectivity index is 1.56. The van der Waals surface area contributed by atoms with Crippen molar-refractivity contribution in [1.29, 1.82) is 0 Å². The second-order valence-electron chi connectivity index (χ2n) is 9.46. The molecule has 0 aliphatic carbocycles. The zero-order valence-electron chi connectivity index (χ0n) is 21.1. The van der Waals surface area contributed by atoms with Gasteiger partial charge >= 0.3 is 0 Å². The molecule has 38 heavy (non-hydrogen) atoms. The number of non-ortho nitro benzene ring substituents is 1. The summed E-state index contributed by atoms with van der Waals surface area (Å²) in [6, 6.07) is 26.9. The highest BCUT2D eigenvalue weighted by Gasteiger charge is 2.24. The van der Waals surface area contributed by atoms with Gasteiger partial charge in [-0.3, -0.25) is 19.9 Å². The first kappa shape index (κ1) is 24.9. The molecule has 7 nitrogen and oxygen atoms in total. The highest BCUT2D eigenvalue weighted by molar-refractivity contribution is 5.88. The van der Waals surface area contributed by atoms with Gasteiger partial charge in [0, 0.05) is 67.1 Å². The Morgan fingerprint density at radius 1 is 0.974 bits per heavy atom. The minimum Gasteiger partial charge on any atom is -0.352 e. The van der Waals surface area contributed by atoms with Crippen molar-refractivity contribution in [1.82, 2.24) is 14.9 Å². The minimum absolute atomic E-state index is 0.0287. The van der Waals surface area contributed by atoms with Crippen LogP contribution in [0.2, 0.25) is 0 Å². The predicted octanol–water partition coefficient (Wildman–Crippen LogP) is 6.14. The van der Waals surface area contributed by atoms with Crippen LogP contribution in [0.15, 0.2) is 104 Å². The fourth-order valence-corrected chi connectivity index (χ4v) is 4.78. The molecule has 3 aromatic carbocycles. The topological polar surface area (TPSA) is 90.1 Å². The molecule has 190 valence electrons. The van der Waals surface area contributed by atoms with Gasteiger partial charge in [0.2, 0.25) is 5.91 Å². The molecule has 0 radical (unpaired) electrons. The highest BCUT2D eigenvalue weighted by Crippen LogP contribution is 2.37. The Kier molecular flexibility index (Phi) is 7.26. The average molecular weight is 505 g/mol. The van der Waals surface area contributed by atoms with Crippen molar-refractivity contribution >= 4 is 22.5 Å². The monoisotopic (exact) mass is 504 g/mol. The second kappa shape index (κ2) is 11.1. The van der Waals surface area contributed by atoms with Gasteiger partial charge in [0.15, 0.2) is 0 Å². The molecule has 5 rings (SSSR count). The number of carbonyl (C=O) groups excluding carboxylic acids is 1. The number of pyridine rings is 1. The third kappa shape index (κ3) is 5.62. The van der Waals surface area contributed by atoms with E-state index in [2.05, 4.69) is 27.0 Å². The Morgan fingerprint density at radius 3 is 2.42 bits per heavy atom. The van der Waals surface area contributed by atoms with Crippen LogP contribution in [0.25, 0.3) is 10.9 Å². The Labute approximate surface area is 220 Å². The van der Waals surface area contributed by atoms with E-state index < -0.39 is 0 Å². The highest BCUT2D eigenvalue weighted by atomic mass is 16.6. The number of hydrogen-bond acceptors (Lipinski definition) is 4. The largest absolute Gasteiger partial charge is 0.352 e. The molecule has 0 fully saturated rings. The molecule has 7 heteroatoms. The molecule has 1 N–H and O–H groups in total. The van der Waals surface area contributed by atoms with E-state index >= 15 is 0 Å². The molecule has 0 bridgehead atoms. The number of hydrogen-bond donors (Lipinski definition) is 1. The van der Waals surface area contributed by atoms with Crippen molar-refractivity contribution in [3.63, 3.8) is 0 Å². The predicted molar refractivity (Wildman–Crippen MR) is 148 cm³/mol. The number of aryl methyl sites for hydroxylation is 1. The standard InChI is InChI=1S/C31H28N4O3/c1-22-7-9-25(10-8-22)27(18-31(36)33-19-23-13-15-32-16-14-23)29-21-34(20-24-5-3-2-4-6-24)30-12-11-26(35(37)38)17-28(29)30/h2-17,21,27H,18-20H2,1H3,(H,33,36)/t27-/m1/s1. The van der Waals surface area contributed by atoms with Crippen LogP contribution in [0.3, 0.4) is 0 Å². The number of fused-ring (bicyclic) bond motifs is 1. The maximum absolute atomic E-state index is 13.2. The number of benzene rings is 3. The van der Waals surface area contributed by atoms with E-state index in [0.717, 1.165) is 38.7 Å². The van der Waals surface area contributed by atoms with Crippen LogP contribution in [0.4, 0.5) is 5.69 Å². The van der Waals surface area contributed by atoms with E-state index in [1.807, 2.05) is 67.7 Å². The van der Waals surface area contributed by atoms with Crippen LogP contribution in [0.1, 0.15) is 40.2 Å². The molecule has 0 saturated carbocycles. The van der Waals surface area contributed by atoms with Crippen LogP contribution in [0, 0.1) is 17.0 Å². The number of nitro benzene ring substituents is 1. The first-order valence-corrected chi connectivity index (χ1v) is 12.5. The van der Waals surface area contributed by atoms with Gasteiger partial charge in [-0.15, -0.1) is 0 Å². The molecule has 2 heterocycles. The van der Waals surface area contributed by atoms with E-state index in [1.165, 1.54) is 6.07 Å². The van der Waals surface area contributed by atoms with Crippen molar-refractivity contribution in [2.24, 2.45) is 0 Å². The SMILES string of the molecule is Cc1ccc([C@@H](CC(=O)NCc2ccncc2)c2cn(Cc3ccccc3)c3ccc([N+](=O)[O-])cc23)cc1. The Morgan fingerprint density at radius 2 is 1.71 bits per heavy atom. The summed E-state index contributed by atoms with van der Waals surface area (Å²) in [7, 11) is 0. The van der Waals surface area contributed by atoms with Crippen molar-refractivity contribution in [2.45, 2.75) is 32.4 Å². The average Bonchev–Trinajstić information content (AvgIpc) is 3.29. The number of amides is 1. The summed E-state index contributed by atoms with van der Waals surface area (Å²) in [5, 5.41) is 15.5. The normalized spacial score (nSPS) is 11.8. The first-order chi connectivity index (χ1) is 18.5. The Bertz CT molecular complexity index is 1560. The van der Waals surface area contributed by atoms with Gasteiger partial charge in [0.1, 0.15) is 0 Å². The maximum Gasteiger partial charge on any atom is 0.270 e. The van der Waals surface area contributed by atoms with E-state index in [0.29, 0.717) is 13.1 Å². The lowest BCUT2D eigenvalue weighted by molar-refractivity contribution is -0.384. The molecular formula is C31H28N4O3. The van der Waals surface area contributed by atoms with E-state index in [-0.39, 0.29) is 28.9 Å². The van der Waals surface area contributed by atoms with Gasteiger partial charge in [-0.2, -0.15) is 0 Å². The second-order valence-corrected chi connectivity index (χ2v) is 9.46. The van der Waals surface area contributed by atoms with Crippen LogP contribution in [0.5, 0.6) is 0 Å². The van der Waals surface area contributed by atoms with E-state index in [4.69, 9.17) is 0 Å². The molecule has 0 saturated heterocycles. The zero-order chi connectivity index (χ0) is 26.5. The van der Waals surface area contributed by atoms with Crippen molar-refractivity contribution in [3.05, 3.63) is 141 Å². The molecule has 1 atom stereocenters. The first-order valence-electron chi connectivity index (χ1n) is 12.5. The summed E-state index contributed by atoms with van der Waals surface area (Å²) in [4.78, 5) is 28.5. The maximum atomic E-state index is 13.2. The Hall–Kier alpha value is -4.78. The van der Waals surface area contributed by atoms with Crippen LogP contribution in [-0.4, -0.2) is 20.4 Å². The summed E-state index contributed by atoms with van der Waals surface area (Å²) in [6.07, 6.45) is 5.65. The van der Waals surface area contributed by atoms with Gasteiger partial charge < -0.3 is 9.88 Å². The summed E-state index contributed by atoms with van der Waals surface area (Å²) < 4.78 is 2.11. The lowest BCUT2D eigenvalue weighted by Crippen LogP contribution is -2.25. The van der Waals surface area contributed by atoms with Crippen LogP contribution >= 0.6 is 0 Å². The number of carbonyl (C=O) groups is 1. The molecular weight excluding hydrogens is 476 g/mol. The third-order valence-corrected chi connectivity index (χ3v) is 6.79. The van der Waals surface area contributed by atoms with E-state index in [9.17, 15) is 14.9 Å². The molecule has 1 amide bonds. The summed E-state index contributed by atoms with van der Waals surface area (Å²) >= 11 is 0. The van der Waals surface area contributed by atoms with Gasteiger partial charge in [-0.05, 0) is 47.4 Å². The smallest absolute Gasteiger partial charge is 0.270 e. The van der Waals surface area contributed by atoms with Gasteiger partial charge in [0.05, 0.1) is 4.92 Å². The third-order valence-electron chi connectivity index (χ3n) is 6.79. The van der Waals surface area contributed by atoms with E-state index in [1.54, 1.807) is 24.5 Å². The molecule has 0 unspecified atom stereocenters. The van der Waals surface area contributed by atoms with Crippen molar-refractivity contribution in [2.75, 3.05) is 0 Å². The summed E-state index contributed by atoms with van der Waals surface area (Å²) in [6.45, 7) is 3.04. The summed E-state index contributed by atoms with van der Waals surface area (Å²) in [5.74, 6) is -0.378. The molecule has 0 aliphatic heterocycles. The molecule has 0 aliphatic rings.